The number of hydrogen-bond acceptors (Lipinski definition) is 1. The summed E-state index contributed by atoms with van der Waals surface area (Å²) in [6, 6.07) is 3.27. The van der Waals surface area contributed by atoms with Crippen molar-refractivity contribution in [3.05, 3.63) is 24.2 Å². The number of alkyl halides is 6. The summed E-state index contributed by atoms with van der Waals surface area (Å²) < 4.78 is 2.62. The highest BCUT2D eigenvalue weighted by Gasteiger charge is 2.25. The van der Waals surface area contributed by atoms with E-state index >= 15 is 0 Å². The van der Waals surface area contributed by atoms with E-state index in [1.165, 1.54) is 6.26 Å². The largest absolute Gasteiger partial charge is 0.465 e. The fourth-order valence-electron chi connectivity index (χ4n) is 0.440. The van der Waals surface area contributed by atoms with Gasteiger partial charge in [0.1, 0.15) is 0 Å². The molecule has 0 fully saturated rings. The van der Waals surface area contributed by atoms with Gasteiger partial charge in [-0.1, -0.05) is 69.6 Å². The molecule has 0 spiro atoms. The highest BCUT2D eigenvalue weighted by atomic mass is 35.6. The molecule has 1 heterocycles. The molecule has 0 aliphatic heterocycles. The predicted molar refractivity (Wildman–Crippen MR) is 59.3 cm³/mol. The summed E-state index contributed by atoms with van der Waals surface area (Å²) in [4.78, 5) is 0. The Morgan fingerprint density at radius 3 is 1.77 bits per heavy atom. The highest BCUT2D eigenvalue weighted by Crippen LogP contribution is 2.37. The summed E-state index contributed by atoms with van der Waals surface area (Å²) in [6.45, 7) is 0. The van der Waals surface area contributed by atoms with Crippen molar-refractivity contribution < 1.29 is 4.42 Å². The van der Waals surface area contributed by atoms with Gasteiger partial charge in [0.05, 0.1) is 6.26 Å². The molecular weight excluding hydrogens is 301 g/mol. The molecule has 1 rings (SSSR count). The van der Waals surface area contributed by atoms with Crippen molar-refractivity contribution in [1.29, 1.82) is 0 Å². The Bertz CT molecular complexity index is 211. The van der Waals surface area contributed by atoms with Gasteiger partial charge in [-0.25, -0.2) is 0 Å². The second-order valence-corrected chi connectivity index (χ2v) is 5.98. The van der Waals surface area contributed by atoms with Crippen LogP contribution in [0.3, 0.4) is 0 Å². The Labute approximate surface area is 106 Å². The third-order valence-electron chi connectivity index (χ3n) is 0.801. The Kier molecular flexibility index (Phi) is 7.00. The molecule has 0 radical (unpaired) electrons. The van der Waals surface area contributed by atoms with Crippen LogP contribution < -0.4 is 0 Å². The fraction of sp³-hybridized carbons (Fsp3) is 0.333. The van der Waals surface area contributed by atoms with Crippen molar-refractivity contribution in [2.45, 2.75) is 8.09 Å². The molecule has 76 valence electrons. The molecule has 13 heavy (non-hydrogen) atoms. The standard InChI is InChI=1S/C5H3Cl3O.CHCl3/c6-5(7,8)4-2-1-3-9-4;2-1(3)4/h1-3H;1H. The van der Waals surface area contributed by atoms with E-state index in [1.54, 1.807) is 12.1 Å². The lowest BCUT2D eigenvalue weighted by Gasteiger charge is -2.04. The summed E-state index contributed by atoms with van der Waals surface area (Å²) in [5, 5.41) is 0. The van der Waals surface area contributed by atoms with E-state index in [-0.39, 0.29) is 0 Å². The molecule has 0 bridgehead atoms. The molecule has 0 N–H and O–H groups in total. The molecule has 7 heteroatoms. The van der Waals surface area contributed by atoms with E-state index in [2.05, 4.69) is 0 Å². The van der Waals surface area contributed by atoms with Crippen LogP contribution in [0.1, 0.15) is 5.76 Å². The molecule has 0 aliphatic carbocycles. The summed E-state index contributed by atoms with van der Waals surface area (Å²) in [6.07, 6.45) is 1.46. The molecule has 0 amide bonds. The SMILES string of the molecule is ClC(Cl)(Cl)c1ccco1.ClC(Cl)Cl. The van der Waals surface area contributed by atoms with Gasteiger partial charge in [0.25, 0.3) is 0 Å². The van der Waals surface area contributed by atoms with Crippen LogP contribution in [0.2, 0.25) is 0 Å². The van der Waals surface area contributed by atoms with Gasteiger partial charge in [-0.2, -0.15) is 0 Å². The fourth-order valence-corrected chi connectivity index (χ4v) is 0.762. The maximum Gasteiger partial charge on any atom is 0.248 e. The number of halogens is 6. The van der Waals surface area contributed by atoms with Crippen molar-refractivity contribution in [3.8, 4) is 0 Å². The first-order valence-electron chi connectivity index (χ1n) is 2.87. The number of furan rings is 1. The molecular formula is C6H4Cl6O. The monoisotopic (exact) mass is 302 g/mol. The lowest BCUT2D eigenvalue weighted by Crippen LogP contribution is -1.95. The number of rotatable bonds is 0. The lowest BCUT2D eigenvalue weighted by molar-refractivity contribution is 0.517. The summed E-state index contributed by atoms with van der Waals surface area (Å²) in [7, 11) is 0. The van der Waals surface area contributed by atoms with Crippen molar-refractivity contribution in [3.63, 3.8) is 0 Å². The molecule has 0 saturated heterocycles. The van der Waals surface area contributed by atoms with Crippen LogP contribution in [0.5, 0.6) is 0 Å². The Morgan fingerprint density at radius 1 is 1.15 bits per heavy atom. The molecule has 1 aromatic heterocycles. The molecule has 1 nitrogen and oxygen atoms in total. The zero-order valence-corrected chi connectivity index (χ0v) is 10.5. The van der Waals surface area contributed by atoms with E-state index in [4.69, 9.17) is 74.0 Å². The van der Waals surface area contributed by atoms with Crippen molar-refractivity contribution in [1.82, 2.24) is 0 Å². The average molecular weight is 305 g/mol. The van der Waals surface area contributed by atoms with Gasteiger partial charge in [-0.3, -0.25) is 0 Å². The van der Waals surface area contributed by atoms with Gasteiger partial charge in [-0.15, -0.1) is 0 Å². The van der Waals surface area contributed by atoms with Gasteiger partial charge < -0.3 is 4.42 Å². The maximum atomic E-state index is 5.44. The smallest absolute Gasteiger partial charge is 0.248 e. The molecule has 0 unspecified atom stereocenters. The van der Waals surface area contributed by atoms with Crippen LogP contribution in [0, 0.1) is 0 Å². The second kappa shape index (κ2) is 6.49. The van der Waals surface area contributed by atoms with E-state index in [1.807, 2.05) is 0 Å². The quantitative estimate of drug-likeness (QED) is 0.608. The molecule has 0 saturated carbocycles. The Morgan fingerprint density at radius 2 is 1.62 bits per heavy atom. The molecule has 0 aromatic carbocycles. The minimum Gasteiger partial charge on any atom is -0.465 e. The van der Waals surface area contributed by atoms with Crippen molar-refractivity contribution in [2.75, 3.05) is 0 Å². The van der Waals surface area contributed by atoms with E-state index in [9.17, 15) is 0 Å². The first-order valence-corrected chi connectivity index (χ1v) is 5.31. The topological polar surface area (TPSA) is 13.1 Å². The zero-order valence-electron chi connectivity index (χ0n) is 5.99. The Hall–Kier alpha value is 1.02. The normalized spacial score (nSPS) is 11.0. The number of hydrogen-bond donors (Lipinski definition) is 0. The molecule has 1 aromatic rings. The van der Waals surface area contributed by atoms with Crippen molar-refractivity contribution in [2.24, 2.45) is 0 Å². The van der Waals surface area contributed by atoms with Crippen LogP contribution in [-0.4, -0.2) is 4.30 Å². The average Bonchev–Trinajstić information content (AvgIpc) is 2.31. The lowest BCUT2D eigenvalue weighted by atomic mass is 10.5. The first-order chi connectivity index (χ1) is 5.84. The van der Waals surface area contributed by atoms with Crippen LogP contribution >= 0.6 is 69.6 Å². The van der Waals surface area contributed by atoms with Gasteiger partial charge in [0, 0.05) is 0 Å². The van der Waals surface area contributed by atoms with E-state index in [0.717, 1.165) is 0 Å². The minimum atomic E-state index is -1.43. The van der Waals surface area contributed by atoms with Crippen LogP contribution in [0.25, 0.3) is 0 Å². The van der Waals surface area contributed by atoms with E-state index in [0.29, 0.717) is 5.76 Å². The minimum absolute atomic E-state index is 0.340. The van der Waals surface area contributed by atoms with Gasteiger partial charge in [0.15, 0.2) is 10.1 Å². The Balaban J connectivity index is 0.000000310. The third kappa shape index (κ3) is 8.04. The van der Waals surface area contributed by atoms with Crippen LogP contribution in [0.4, 0.5) is 0 Å². The summed E-state index contributed by atoms with van der Waals surface area (Å²) in [5.41, 5.74) is 0. The van der Waals surface area contributed by atoms with Gasteiger partial charge in [-0.05, 0) is 12.1 Å². The van der Waals surface area contributed by atoms with Crippen LogP contribution in [0.15, 0.2) is 22.8 Å². The maximum absolute atomic E-state index is 5.44. The third-order valence-corrected chi connectivity index (χ3v) is 1.36. The molecule has 0 atom stereocenters. The van der Waals surface area contributed by atoms with Crippen LogP contribution in [-0.2, 0) is 3.79 Å². The zero-order chi connectivity index (χ0) is 10.5. The second-order valence-electron chi connectivity index (χ2n) is 1.72. The van der Waals surface area contributed by atoms with E-state index < -0.39 is 8.09 Å². The first kappa shape index (κ1) is 14.0. The highest BCUT2D eigenvalue weighted by molar-refractivity contribution is 6.66. The summed E-state index contributed by atoms with van der Waals surface area (Å²) >= 11 is 30.7. The van der Waals surface area contributed by atoms with Gasteiger partial charge >= 0.3 is 0 Å². The summed E-state index contributed by atoms with van der Waals surface area (Å²) in [5.74, 6) is 0.340. The van der Waals surface area contributed by atoms with Gasteiger partial charge in [0.2, 0.25) is 3.79 Å². The predicted octanol–water partition coefficient (Wildman–Crippen LogP) is 5.09. The van der Waals surface area contributed by atoms with Crippen molar-refractivity contribution >= 4 is 69.6 Å². The molecule has 0 aliphatic rings.